The third-order valence-electron chi connectivity index (χ3n) is 2.46. The number of benzene rings is 1. The zero-order chi connectivity index (χ0) is 11.9. The number of aromatic carboxylic acids is 1. The molecule has 0 unspecified atom stereocenters. The Labute approximate surface area is 91.5 Å². The van der Waals surface area contributed by atoms with Gasteiger partial charge in [0.05, 0.1) is 0 Å². The molecular formula is C12H11FO3. The SMILES string of the molecule is CC(C)c1c(C(=O)O)oc2ccc(F)cc12. The molecule has 2 rings (SSSR count). The van der Waals surface area contributed by atoms with Crippen LogP contribution in [0, 0.1) is 5.82 Å². The van der Waals surface area contributed by atoms with Gasteiger partial charge in [-0.1, -0.05) is 13.8 Å². The van der Waals surface area contributed by atoms with Crippen LogP contribution in [0.2, 0.25) is 0 Å². The molecule has 0 fully saturated rings. The van der Waals surface area contributed by atoms with Gasteiger partial charge in [0.15, 0.2) is 0 Å². The Hall–Kier alpha value is -1.84. The molecule has 1 aromatic carbocycles. The van der Waals surface area contributed by atoms with Crippen LogP contribution in [-0.4, -0.2) is 11.1 Å². The highest BCUT2D eigenvalue weighted by atomic mass is 19.1. The van der Waals surface area contributed by atoms with Gasteiger partial charge >= 0.3 is 5.97 Å². The first-order valence-corrected chi connectivity index (χ1v) is 4.96. The second-order valence-corrected chi connectivity index (χ2v) is 3.95. The van der Waals surface area contributed by atoms with Crippen molar-refractivity contribution in [2.45, 2.75) is 19.8 Å². The molecule has 4 heteroatoms. The average molecular weight is 222 g/mol. The maximum absolute atomic E-state index is 13.1. The Morgan fingerprint density at radius 2 is 2.12 bits per heavy atom. The summed E-state index contributed by atoms with van der Waals surface area (Å²) in [6, 6.07) is 4.01. The Balaban J connectivity index is 2.82. The Morgan fingerprint density at radius 1 is 1.44 bits per heavy atom. The van der Waals surface area contributed by atoms with Gasteiger partial charge in [-0.3, -0.25) is 0 Å². The number of carboxylic acids is 1. The van der Waals surface area contributed by atoms with Crippen LogP contribution < -0.4 is 0 Å². The number of hydrogen-bond acceptors (Lipinski definition) is 2. The van der Waals surface area contributed by atoms with Crippen molar-refractivity contribution in [1.29, 1.82) is 0 Å². The number of furan rings is 1. The van der Waals surface area contributed by atoms with Crippen molar-refractivity contribution in [3.63, 3.8) is 0 Å². The molecule has 0 saturated carbocycles. The van der Waals surface area contributed by atoms with Crippen LogP contribution in [0.4, 0.5) is 4.39 Å². The number of halogens is 1. The van der Waals surface area contributed by atoms with Crippen LogP contribution >= 0.6 is 0 Å². The molecule has 0 aliphatic carbocycles. The van der Waals surface area contributed by atoms with Crippen LogP contribution in [-0.2, 0) is 0 Å². The number of carboxylic acid groups (broad SMARTS) is 1. The lowest BCUT2D eigenvalue weighted by atomic mass is 9.99. The lowest BCUT2D eigenvalue weighted by molar-refractivity contribution is 0.0663. The summed E-state index contributed by atoms with van der Waals surface area (Å²) in [5, 5.41) is 9.53. The second-order valence-electron chi connectivity index (χ2n) is 3.95. The normalized spacial score (nSPS) is 11.2. The summed E-state index contributed by atoms with van der Waals surface area (Å²) in [4.78, 5) is 11.0. The summed E-state index contributed by atoms with van der Waals surface area (Å²) >= 11 is 0. The van der Waals surface area contributed by atoms with Crippen LogP contribution in [0.1, 0.15) is 35.9 Å². The number of hydrogen-bond donors (Lipinski definition) is 1. The van der Waals surface area contributed by atoms with Gasteiger partial charge < -0.3 is 9.52 Å². The van der Waals surface area contributed by atoms with Crippen LogP contribution in [0.25, 0.3) is 11.0 Å². The van der Waals surface area contributed by atoms with E-state index >= 15 is 0 Å². The topological polar surface area (TPSA) is 50.4 Å². The molecule has 16 heavy (non-hydrogen) atoms. The van der Waals surface area contributed by atoms with Crippen molar-refractivity contribution >= 4 is 16.9 Å². The lowest BCUT2D eigenvalue weighted by Gasteiger charge is -2.02. The number of rotatable bonds is 2. The van der Waals surface area contributed by atoms with Crippen molar-refractivity contribution < 1.29 is 18.7 Å². The largest absolute Gasteiger partial charge is 0.475 e. The summed E-state index contributed by atoms with van der Waals surface area (Å²) < 4.78 is 18.3. The first kappa shape index (κ1) is 10.7. The summed E-state index contributed by atoms with van der Waals surface area (Å²) in [6.45, 7) is 3.70. The van der Waals surface area contributed by atoms with E-state index in [2.05, 4.69) is 0 Å². The van der Waals surface area contributed by atoms with E-state index in [9.17, 15) is 9.18 Å². The first-order chi connectivity index (χ1) is 7.50. The molecule has 1 heterocycles. The lowest BCUT2D eigenvalue weighted by Crippen LogP contribution is -2.00. The van der Waals surface area contributed by atoms with Gasteiger partial charge in [-0.25, -0.2) is 9.18 Å². The monoisotopic (exact) mass is 222 g/mol. The van der Waals surface area contributed by atoms with E-state index in [0.29, 0.717) is 16.5 Å². The van der Waals surface area contributed by atoms with Crippen molar-refractivity contribution in [1.82, 2.24) is 0 Å². The molecule has 1 aromatic heterocycles. The fourth-order valence-electron chi connectivity index (χ4n) is 1.82. The fourth-order valence-corrected chi connectivity index (χ4v) is 1.82. The molecule has 0 radical (unpaired) electrons. The summed E-state index contributed by atoms with van der Waals surface area (Å²) in [5.74, 6) is -1.66. The van der Waals surface area contributed by atoms with Gasteiger partial charge in [0.2, 0.25) is 5.76 Å². The van der Waals surface area contributed by atoms with Gasteiger partial charge in [0.1, 0.15) is 11.4 Å². The highest BCUT2D eigenvalue weighted by molar-refractivity contribution is 5.95. The van der Waals surface area contributed by atoms with Crippen molar-refractivity contribution in [2.75, 3.05) is 0 Å². The van der Waals surface area contributed by atoms with Crippen LogP contribution in [0.5, 0.6) is 0 Å². The zero-order valence-electron chi connectivity index (χ0n) is 8.95. The van der Waals surface area contributed by atoms with E-state index in [4.69, 9.17) is 9.52 Å². The first-order valence-electron chi connectivity index (χ1n) is 4.96. The Bertz CT molecular complexity index is 555. The van der Waals surface area contributed by atoms with E-state index in [0.717, 1.165) is 0 Å². The van der Waals surface area contributed by atoms with Gasteiger partial charge in [0.25, 0.3) is 0 Å². The zero-order valence-corrected chi connectivity index (χ0v) is 8.95. The minimum atomic E-state index is -1.12. The molecule has 1 N–H and O–H groups in total. The Morgan fingerprint density at radius 3 is 2.69 bits per heavy atom. The summed E-state index contributed by atoms with van der Waals surface area (Å²) in [6.07, 6.45) is 0. The third kappa shape index (κ3) is 1.56. The Kier molecular flexibility index (Phi) is 2.42. The van der Waals surface area contributed by atoms with Crippen molar-refractivity contribution in [3.05, 3.63) is 35.3 Å². The predicted molar refractivity (Wildman–Crippen MR) is 57.2 cm³/mol. The molecule has 0 aliphatic rings. The highest BCUT2D eigenvalue weighted by Gasteiger charge is 2.22. The summed E-state index contributed by atoms with van der Waals surface area (Å²) in [7, 11) is 0. The van der Waals surface area contributed by atoms with Crippen LogP contribution in [0.3, 0.4) is 0 Å². The smallest absolute Gasteiger partial charge is 0.372 e. The maximum atomic E-state index is 13.1. The van der Waals surface area contributed by atoms with E-state index < -0.39 is 11.8 Å². The quantitative estimate of drug-likeness (QED) is 0.847. The molecule has 0 amide bonds. The van der Waals surface area contributed by atoms with E-state index in [1.54, 1.807) is 0 Å². The molecule has 3 nitrogen and oxygen atoms in total. The third-order valence-corrected chi connectivity index (χ3v) is 2.46. The molecule has 0 aliphatic heterocycles. The van der Waals surface area contributed by atoms with E-state index in [1.165, 1.54) is 18.2 Å². The molecule has 84 valence electrons. The van der Waals surface area contributed by atoms with Crippen molar-refractivity contribution in [3.8, 4) is 0 Å². The molecule has 0 bridgehead atoms. The van der Waals surface area contributed by atoms with E-state index in [-0.39, 0.29) is 11.7 Å². The minimum absolute atomic E-state index is 0.0332. The van der Waals surface area contributed by atoms with Crippen molar-refractivity contribution in [2.24, 2.45) is 0 Å². The van der Waals surface area contributed by atoms with Gasteiger partial charge in [0, 0.05) is 10.9 Å². The van der Waals surface area contributed by atoms with Gasteiger partial charge in [-0.2, -0.15) is 0 Å². The molecule has 0 saturated heterocycles. The van der Waals surface area contributed by atoms with Crippen LogP contribution in [0.15, 0.2) is 22.6 Å². The van der Waals surface area contributed by atoms with Gasteiger partial charge in [-0.05, 0) is 24.1 Å². The summed E-state index contributed by atoms with van der Waals surface area (Å²) in [5.41, 5.74) is 0.949. The fraction of sp³-hybridized carbons (Fsp3) is 0.250. The number of fused-ring (bicyclic) bond motifs is 1. The highest BCUT2D eigenvalue weighted by Crippen LogP contribution is 2.32. The predicted octanol–water partition coefficient (Wildman–Crippen LogP) is 3.39. The molecule has 2 aromatic rings. The molecule has 0 atom stereocenters. The maximum Gasteiger partial charge on any atom is 0.372 e. The molecular weight excluding hydrogens is 211 g/mol. The standard InChI is InChI=1S/C12H11FO3/c1-6(2)10-8-5-7(13)3-4-9(8)16-11(10)12(14)15/h3-6H,1-2H3,(H,14,15). The number of carbonyl (C=O) groups is 1. The second kappa shape index (κ2) is 3.63. The minimum Gasteiger partial charge on any atom is -0.475 e. The van der Waals surface area contributed by atoms with Gasteiger partial charge in [-0.15, -0.1) is 0 Å². The van der Waals surface area contributed by atoms with E-state index in [1.807, 2.05) is 13.8 Å². The average Bonchev–Trinajstić information content (AvgIpc) is 2.55. The molecule has 0 spiro atoms.